The van der Waals surface area contributed by atoms with Gasteiger partial charge in [0.1, 0.15) is 11.5 Å². The van der Waals surface area contributed by atoms with Crippen molar-refractivity contribution in [1.29, 1.82) is 0 Å². The molecule has 0 aliphatic carbocycles. The predicted octanol–water partition coefficient (Wildman–Crippen LogP) is 3.09. The largest absolute Gasteiger partial charge is 0.462 e. The topological polar surface area (TPSA) is 99.0 Å². The molecule has 0 aliphatic heterocycles. The number of aryl methyl sites for hydroxylation is 2. The molecule has 0 radical (unpaired) electrons. The number of carbonyl (C=O) groups excluding carboxylic acids is 2. The number of carbonyl (C=O) groups is 2. The van der Waals surface area contributed by atoms with Crippen LogP contribution in [0.5, 0.6) is 0 Å². The molecular formula is C19H21N5O3S. The minimum absolute atomic E-state index is 0.111. The Hall–Kier alpha value is -3.07. The van der Waals surface area contributed by atoms with E-state index in [0.29, 0.717) is 16.4 Å². The predicted molar refractivity (Wildman–Crippen MR) is 106 cm³/mol. The van der Waals surface area contributed by atoms with Crippen LogP contribution in [0.4, 0.5) is 5.00 Å². The van der Waals surface area contributed by atoms with Crippen molar-refractivity contribution < 1.29 is 14.3 Å². The van der Waals surface area contributed by atoms with Gasteiger partial charge in [-0.1, -0.05) is 36.8 Å². The highest BCUT2D eigenvalue weighted by molar-refractivity contribution is 7.16. The van der Waals surface area contributed by atoms with Crippen LogP contribution in [-0.4, -0.2) is 38.7 Å². The molecule has 0 spiro atoms. The fourth-order valence-corrected chi connectivity index (χ4v) is 3.49. The number of esters is 1. The Morgan fingerprint density at radius 3 is 2.64 bits per heavy atom. The van der Waals surface area contributed by atoms with Crippen molar-refractivity contribution in [1.82, 2.24) is 20.2 Å². The first-order chi connectivity index (χ1) is 13.5. The summed E-state index contributed by atoms with van der Waals surface area (Å²) in [4.78, 5) is 26.7. The van der Waals surface area contributed by atoms with E-state index in [4.69, 9.17) is 4.74 Å². The maximum absolute atomic E-state index is 12.4. The number of hydrogen-bond acceptors (Lipinski definition) is 7. The second-order valence-corrected chi connectivity index (χ2v) is 7.22. The van der Waals surface area contributed by atoms with Crippen molar-refractivity contribution in [3.8, 4) is 11.4 Å². The molecule has 0 saturated heterocycles. The van der Waals surface area contributed by atoms with Crippen molar-refractivity contribution in [2.24, 2.45) is 0 Å². The lowest BCUT2D eigenvalue weighted by atomic mass is 10.1. The zero-order valence-corrected chi connectivity index (χ0v) is 16.7. The number of ether oxygens (including phenoxy) is 1. The van der Waals surface area contributed by atoms with Gasteiger partial charge in [0.15, 0.2) is 0 Å². The van der Waals surface area contributed by atoms with Gasteiger partial charge in [-0.3, -0.25) is 4.79 Å². The standard InChI is InChI=1S/C19H21N5O3S/c1-4-14-10-15(19(26)27-5-2)18(28-14)20-16(25)11-24-22-17(21-23-24)13-8-6-12(3)7-9-13/h6-10H,4-5,11H2,1-3H3,(H,20,25). The van der Waals surface area contributed by atoms with Gasteiger partial charge in [0.25, 0.3) is 0 Å². The van der Waals surface area contributed by atoms with E-state index >= 15 is 0 Å². The molecule has 9 heteroatoms. The lowest BCUT2D eigenvalue weighted by molar-refractivity contribution is -0.117. The maximum Gasteiger partial charge on any atom is 0.341 e. The Morgan fingerprint density at radius 1 is 1.21 bits per heavy atom. The number of nitrogens with zero attached hydrogens (tertiary/aromatic N) is 4. The number of rotatable bonds is 7. The first-order valence-corrected chi connectivity index (χ1v) is 9.76. The van der Waals surface area contributed by atoms with Gasteiger partial charge in [-0.05, 0) is 31.5 Å². The minimum atomic E-state index is -0.450. The number of tetrazole rings is 1. The number of aromatic nitrogens is 4. The molecule has 3 rings (SSSR count). The molecule has 1 amide bonds. The molecule has 28 heavy (non-hydrogen) atoms. The Balaban J connectivity index is 1.70. The van der Waals surface area contributed by atoms with E-state index in [0.717, 1.165) is 22.4 Å². The Labute approximate surface area is 166 Å². The van der Waals surface area contributed by atoms with E-state index < -0.39 is 5.97 Å². The highest BCUT2D eigenvalue weighted by atomic mass is 32.1. The SMILES string of the molecule is CCOC(=O)c1cc(CC)sc1NC(=O)Cn1nnc(-c2ccc(C)cc2)n1. The lowest BCUT2D eigenvalue weighted by Crippen LogP contribution is -2.21. The second kappa shape index (κ2) is 8.75. The lowest BCUT2D eigenvalue weighted by Gasteiger charge is -2.05. The summed E-state index contributed by atoms with van der Waals surface area (Å²) in [6, 6.07) is 9.48. The summed E-state index contributed by atoms with van der Waals surface area (Å²) < 4.78 is 5.06. The number of benzene rings is 1. The van der Waals surface area contributed by atoms with Gasteiger partial charge >= 0.3 is 5.97 Å². The van der Waals surface area contributed by atoms with Crippen molar-refractivity contribution in [2.45, 2.75) is 33.7 Å². The zero-order chi connectivity index (χ0) is 20.1. The Morgan fingerprint density at radius 2 is 1.96 bits per heavy atom. The summed E-state index contributed by atoms with van der Waals surface area (Å²) in [5.74, 6) is -0.346. The first kappa shape index (κ1) is 19.7. The number of anilines is 1. The second-order valence-electron chi connectivity index (χ2n) is 6.09. The number of hydrogen-bond donors (Lipinski definition) is 1. The molecule has 0 bridgehead atoms. The van der Waals surface area contributed by atoms with Crippen LogP contribution in [0.1, 0.15) is 34.6 Å². The molecule has 2 heterocycles. The summed E-state index contributed by atoms with van der Waals surface area (Å²) in [5.41, 5.74) is 2.33. The molecule has 0 aliphatic rings. The van der Waals surface area contributed by atoms with Crippen LogP contribution in [-0.2, 0) is 22.5 Å². The van der Waals surface area contributed by atoms with E-state index in [-0.39, 0.29) is 19.1 Å². The molecule has 0 atom stereocenters. The van der Waals surface area contributed by atoms with Crippen LogP contribution < -0.4 is 5.32 Å². The molecule has 0 saturated carbocycles. The first-order valence-electron chi connectivity index (χ1n) is 8.94. The van der Waals surface area contributed by atoms with Crippen LogP contribution in [0, 0.1) is 6.92 Å². The van der Waals surface area contributed by atoms with Gasteiger partial charge in [-0.25, -0.2) is 4.79 Å². The van der Waals surface area contributed by atoms with Crippen LogP contribution in [0.3, 0.4) is 0 Å². The van der Waals surface area contributed by atoms with Crippen LogP contribution in [0.25, 0.3) is 11.4 Å². The zero-order valence-electron chi connectivity index (χ0n) is 15.9. The number of nitrogens with one attached hydrogen (secondary N) is 1. The summed E-state index contributed by atoms with van der Waals surface area (Å²) >= 11 is 1.36. The fraction of sp³-hybridized carbons (Fsp3) is 0.316. The summed E-state index contributed by atoms with van der Waals surface area (Å²) in [7, 11) is 0. The third kappa shape index (κ3) is 4.61. The molecular weight excluding hydrogens is 378 g/mol. The van der Waals surface area contributed by atoms with E-state index in [1.54, 1.807) is 13.0 Å². The molecule has 146 valence electrons. The maximum atomic E-state index is 12.4. The summed E-state index contributed by atoms with van der Waals surface area (Å²) in [5, 5.41) is 15.4. The normalized spacial score (nSPS) is 10.7. The molecule has 8 nitrogen and oxygen atoms in total. The third-order valence-electron chi connectivity index (χ3n) is 3.93. The van der Waals surface area contributed by atoms with E-state index in [1.165, 1.54) is 16.1 Å². The van der Waals surface area contributed by atoms with Gasteiger partial charge in [0.05, 0.1) is 12.2 Å². The van der Waals surface area contributed by atoms with Crippen molar-refractivity contribution in [2.75, 3.05) is 11.9 Å². The summed E-state index contributed by atoms with van der Waals surface area (Å²) in [6.07, 6.45) is 0.761. The average Bonchev–Trinajstić information content (AvgIpc) is 3.29. The fourth-order valence-electron chi connectivity index (χ4n) is 2.49. The van der Waals surface area contributed by atoms with Gasteiger partial charge in [-0.15, -0.1) is 21.5 Å². The van der Waals surface area contributed by atoms with Crippen molar-refractivity contribution in [3.63, 3.8) is 0 Å². The van der Waals surface area contributed by atoms with Gasteiger partial charge < -0.3 is 10.1 Å². The molecule has 0 unspecified atom stereocenters. The van der Waals surface area contributed by atoms with Crippen LogP contribution in [0.2, 0.25) is 0 Å². The number of thiophene rings is 1. The van der Waals surface area contributed by atoms with E-state index in [9.17, 15) is 9.59 Å². The number of amides is 1. The van der Waals surface area contributed by atoms with E-state index in [1.807, 2.05) is 38.1 Å². The molecule has 1 aromatic carbocycles. The quantitative estimate of drug-likeness (QED) is 0.613. The molecule has 0 fully saturated rings. The summed E-state index contributed by atoms with van der Waals surface area (Å²) in [6.45, 7) is 5.88. The Kier molecular flexibility index (Phi) is 6.15. The smallest absolute Gasteiger partial charge is 0.341 e. The van der Waals surface area contributed by atoms with Crippen LogP contribution in [0.15, 0.2) is 30.3 Å². The molecule has 2 aromatic heterocycles. The van der Waals surface area contributed by atoms with Gasteiger partial charge in [0, 0.05) is 10.4 Å². The Bertz CT molecular complexity index is 978. The minimum Gasteiger partial charge on any atom is -0.462 e. The average molecular weight is 399 g/mol. The molecule has 1 N–H and O–H groups in total. The van der Waals surface area contributed by atoms with Gasteiger partial charge in [-0.2, -0.15) is 4.80 Å². The van der Waals surface area contributed by atoms with Crippen molar-refractivity contribution >= 4 is 28.2 Å². The van der Waals surface area contributed by atoms with Crippen molar-refractivity contribution in [3.05, 3.63) is 46.3 Å². The highest BCUT2D eigenvalue weighted by Crippen LogP contribution is 2.29. The third-order valence-corrected chi connectivity index (χ3v) is 5.12. The monoisotopic (exact) mass is 399 g/mol. The van der Waals surface area contributed by atoms with E-state index in [2.05, 4.69) is 20.7 Å². The van der Waals surface area contributed by atoms with Crippen LogP contribution >= 0.6 is 11.3 Å². The molecule has 3 aromatic rings. The highest BCUT2D eigenvalue weighted by Gasteiger charge is 2.19. The van der Waals surface area contributed by atoms with Gasteiger partial charge in [0.2, 0.25) is 11.7 Å².